The SMILES string of the molecule is O=S=c1c2ccccc2nc(-c2ccccc2)n1-c1ccccc1. The minimum Gasteiger partial charge on any atom is -0.282 e. The van der Waals surface area contributed by atoms with Gasteiger partial charge < -0.3 is 0 Å². The van der Waals surface area contributed by atoms with E-state index in [0.29, 0.717) is 15.9 Å². The molecule has 3 aromatic carbocycles. The number of fused-ring (bicyclic) bond motifs is 1. The van der Waals surface area contributed by atoms with Crippen molar-refractivity contribution in [3.63, 3.8) is 0 Å². The lowest BCUT2D eigenvalue weighted by Crippen LogP contribution is -2.06. The van der Waals surface area contributed by atoms with E-state index in [2.05, 4.69) is 0 Å². The zero-order valence-electron chi connectivity index (χ0n) is 12.8. The van der Waals surface area contributed by atoms with Crippen LogP contribution in [0.15, 0.2) is 84.9 Å². The molecule has 116 valence electrons. The van der Waals surface area contributed by atoms with Crippen LogP contribution < -0.4 is 0 Å². The molecule has 0 N–H and O–H groups in total. The van der Waals surface area contributed by atoms with E-state index >= 15 is 0 Å². The summed E-state index contributed by atoms with van der Waals surface area (Å²) >= 11 is 0.502. The number of para-hydroxylation sites is 2. The third-order valence-electron chi connectivity index (χ3n) is 3.90. The van der Waals surface area contributed by atoms with Crippen LogP contribution in [0.1, 0.15) is 0 Å². The standard InChI is InChI=1S/C20H14N2OS/c23-24-20-17-13-7-8-14-18(17)21-19(15-9-3-1-4-10-15)22(20)16-11-5-2-6-12-16/h1-14H. The van der Waals surface area contributed by atoms with Crippen molar-refractivity contribution in [3.05, 3.63) is 89.6 Å². The molecular weight excluding hydrogens is 316 g/mol. The van der Waals surface area contributed by atoms with Gasteiger partial charge in [0, 0.05) is 16.6 Å². The first-order valence-corrected chi connectivity index (χ1v) is 8.38. The normalized spacial score (nSPS) is 10.7. The smallest absolute Gasteiger partial charge is 0.152 e. The third-order valence-corrected chi connectivity index (χ3v) is 4.46. The maximum absolute atomic E-state index is 12.0. The van der Waals surface area contributed by atoms with Gasteiger partial charge in [-0.1, -0.05) is 60.7 Å². The fourth-order valence-electron chi connectivity index (χ4n) is 2.81. The highest BCUT2D eigenvalue weighted by Gasteiger charge is 2.12. The van der Waals surface area contributed by atoms with E-state index in [-0.39, 0.29) is 0 Å². The second-order valence-corrected chi connectivity index (χ2v) is 5.93. The zero-order valence-corrected chi connectivity index (χ0v) is 13.6. The number of benzene rings is 3. The Kier molecular flexibility index (Phi) is 3.81. The Balaban J connectivity index is 2.21. The lowest BCUT2D eigenvalue weighted by molar-refractivity contribution is 0.699. The Hall–Kier alpha value is -2.98. The van der Waals surface area contributed by atoms with Crippen LogP contribution in [0, 0.1) is 4.64 Å². The zero-order chi connectivity index (χ0) is 16.4. The van der Waals surface area contributed by atoms with Gasteiger partial charge in [-0.3, -0.25) is 4.57 Å². The van der Waals surface area contributed by atoms with E-state index in [1.54, 1.807) is 0 Å². The summed E-state index contributed by atoms with van der Waals surface area (Å²) < 4.78 is 14.6. The van der Waals surface area contributed by atoms with Gasteiger partial charge in [0.25, 0.3) is 0 Å². The molecule has 0 fully saturated rings. The van der Waals surface area contributed by atoms with Crippen molar-refractivity contribution in [1.29, 1.82) is 0 Å². The molecule has 0 aliphatic carbocycles. The van der Waals surface area contributed by atoms with Crippen molar-refractivity contribution in [3.8, 4) is 17.1 Å². The maximum atomic E-state index is 12.0. The van der Waals surface area contributed by atoms with Crippen LogP contribution in [0.3, 0.4) is 0 Å². The van der Waals surface area contributed by atoms with Crippen LogP contribution >= 0.6 is 0 Å². The average Bonchev–Trinajstić information content (AvgIpc) is 2.67. The molecule has 0 saturated carbocycles. The molecule has 0 aliphatic rings. The molecule has 0 spiro atoms. The van der Waals surface area contributed by atoms with E-state index in [1.807, 2.05) is 89.5 Å². The van der Waals surface area contributed by atoms with Gasteiger partial charge in [0.2, 0.25) is 0 Å². The lowest BCUT2D eigenvalue weighted by Gasteiger charge is -2.15. The molecule has 0 radical (unpaired) electrons. The predicted molar refractivity (Wildman–Crippen MR) is 97.9 cm³/mol. The summed E-state index contributed by atoms with van der Waals surface area (Å²) in [5, 5.41) is 0.862. The highest BCUT2D eigenvalue weighted by atomic mass is 32.1. The highest BCUT2D eigenvalue weighted by Crippen LogP contribution is 2.25. The van der Waals surface area contributed by atoms with Crippen LogP contribution in [-0.2, 0) is 11.3 Å². The summed E-state index contributed by atoms with van der Waals surface area (Å²) in [5.41, 5.74) is 2.72. The minimum atomic E-state index is 0.502. The summed E-state index contributed by atoms with van der Waals surface area (Å²) in [7, 11) is 0. The molecule has 3 nitrogen and oxygen atoms in total. The van der Waals surface area contributed by atoms with E-state index in [4.69, 9.17) is 4.98 Å². The predicted octanol–water partition coefficient (Wildman–Crippen LogP) is 4.44. The molecular formula is C20H14N2OS. The van der Waals surface area contributed by atoms with Crippen LogP contribution in [0.25, 0.3) is 28.0 Å². The van der Waals surface area contributed by atoms with E-state index in [9.17, 15) is 4.21 Å². The van der Waals surface area contributed by atoms with Gasteiger partial charge in [0.1, 0.15) is 17.1 Å². The number of hydrogen-bond acceptors (Lipinski definition) is 2. The molecule has 24 heavy (non-hydrogen) atoms. The van der Waals surface area contributed by atoms with E-state index in [0.717, 1.165) is 28.0 Å². The third kappa shape index (κ3) is 2.47. The Bertz CT molecular complexity index is 1100. The van der Waals surface area contributed by atoms with Crippen molar-refractivity contribution in [2.45, 2.75) is 0 Å². The van der Waals surface area contributed by atoms with Gasteiger partial charge in [0.05, 0.1) is 5.52 Å². The fraction of sp³-hybridized carbons (Fsp3) is 0. The number of rotatable bonds is 2. The molecule has 0 atom stereocenters. The summed E-state index contributed by atoms with van der Waals surface area (Å²) in [6.07, 6.45) is 0. The lowest BCUT2D eigenvalue weighted by atomic mass is 10.1. The Labute approximate surface area is 142 Å². The Morgan fingerprint density at radius 1 is 0.750 bits per heavy atom. The minimum absolute atomic E-state index is 0.502. The van der Waals surface area contributed by atoms with E-state index in [1.165, 1.54) is 0 Å². The maximum Gasteiger partial charge on any atom is 0.152 e. The first-order chi connectivity index (χ1) is 11.9. The Morgan fingerprint density at radius 3 is 2.08 bits per heavy atom. The number of aromatic nitrogens is 2. The molecule has 0 amide bonds. The van der Waals surface area contributed by atoms with Crippen LogP contribution in [-0.4, -0.2) is 13.8 Å². The summed E-state index contributed by atoms with van der Waals surface area (Å²) in [4.78, 5) is 4.84. The van der Waals surface area contributed by atoms with Gasteiger partial charge in [0.15, 0.2) is 4.64 Å². The van der Waals surface area contributed by atoms with Crippen molar-refractivity contribution >= 4 is 22.2 Å². The summed E-state index contributed by atoms with van der Waals surface area (Å²) in [6.45, 7) is 0. The van der Waals surface area contributed by atoms with Gasteiger partial charge >= 0.3 is 0 Å². The van der Waals surface area contributed by atoms with Crippen LogP contribution in [0.2, 0.25) is 0 Å². The molecule has 0 unspecified atom stereocenters. The molecule has 1 heterocycles. The van der Waals surface area contributed by atoms with Crippen molar-refractivity contribution < 1.29 is 4.21 Å². The summed E-state index contributed by atoms with van der Waals surface area (Å²) in [6, 6.07) is 27.6. The number of hydrogen-bond donors (Lipinski definition) is 0. The van der Waals surface area contributed by atoms with Gasteiger partial charge in [-0.15, -0.1) is 0 Å². The second-order valence-electron chi connectivity index (χ2n) is 5.38. The summed E-state index contributed by atoms with van der Waals surface area (Å²) in [5.74, 6) is 0.763. The molecule has 4 heteroatoms. The van der Waals surface area contributed by atoms with Crippen molar-refractivity contribution in [1.82, 2.24) is 9.55 Å². The molecule has 1 aromatic heterocycles. The Morgan fingerprint density at radius 2 is 1.38 bits per heavy atom. The monoisotopic (exact) mass is 330 g/mol. The molecule has 0 saturated heterocycles. The molecule has 0 aliphatic heterocycles. The van der Waals surface area contributed by atoms with Gasteiger partial charge in [-0.05, 0) is 24.3 Å². The van der Waals surface area contributed by atoms with Crippen LogP contribution in [0.4, 0.5) is 0 Å². The van der Waals surface area contributed by atoms with Crippen molar-refractivity contribution in [2.24, 2.45) is 0 Å². The largest absolute Gasteiger partial charge is 0.282 e. The first kappa shape index (κ1) is 14.6. The van der Waals surface area contributed by atoms with Crippen LogP contribution in [0.5, 0.6) is 0 Å². The average molecular weight is 330 g/mol. The molecule has 0 bridgehead atoms. The second kappa shape index (κ2) is 6.26. The topological polar surface area (TPSA) is 34.9 Å². The van der Waals surface area contributed by atoms with Gasteiger partial charge in [-0.25, -0.2) is 9.19 Å². The first-order valence-electron chi connectivity index (χ1n) is 7.64. The van der Waals surface area contributed by atoms with Gasteiger partial charge in [-0.2, -0.15) is 0 Å². The fourth-order valence-corrected chi connectivity index (χ4v) is 3.34. The van der Waals surface area contributed by atoms with E-state index < -0.39 is 0 Å². The highest BCUT2D eigenvalue weighted by molar-refractivity contribution is 7.57. The molecule has 4 rings (SSSR count). The number of nitrogens with zero attached hydrogens (tertiary/aromatic N) is 2. The molecule has 4 aromatic rings. The van der Waals surface area contributed by atoms with Crippen molar-refractivity contribution in [2.75, 3.05) is 0 Å². The quantitative estimate of drug-likeness (QED) is 0.509.